The zero-order chi connectivity index (χ0) is 30.8. The number of fused-ring (bicyclic) bond motifs is 1. The molecule has 9 nitrogen and oxygen atoms in total. The normalized spacial score (nSPS) is 19.2. The third-order valence-electron chi connectivity index (χ3n) is 7.48. The summed E-state index contributed by atoms with van der Waals surface area (Å²) in [6.07, 6.45) is 4.07. The highest BCUT2D eigenvalue weighted by molar-refractivity contribution is 6.42. The number of nitrogens with zero attached hydrogens (tertiary/aromatic N) is 2. The lowest BCUT2D eigenvalue weighted by Crippen LogP contribution is -2.52. The topological polar surface area (TPSA) is 110 Å². The summed E-state index contributed by atoms with van der Waals surface area (Å²) in [6.45, 7) is 1.22. The number of benzene rings is 3. The molecule has 0 N–H and O–H groups in total. The number of hydrogen-bond donors (Lipinski definition) is 0. The van der Waals surface area contributed by atoms with E-state index in [1.54, 1.807) is 18.2 Å². The molecule has 0 aromatic heterocycles. The standard InChI is InChI=1S/C32H26Cl2N2O7/c1-18-5-3-8-24-28(18)31(40)36(30(24)39)35(29(38)20-11-14-25(33)26(34)16-20)17-27(37)19-9-12-22(13-10-19)43-32(41)21-6-4-7-23(15-21)42-2/h3-7,9-16,18,24,28H,8,17H2,1-2H3/t18-,24+,28+/m0/s1. The molecule has 11 heteroatoms. The Bertz CT molecular complexity index is 1650. The van der Waals surface area contributed by atoms with Gasteiger partial charge in [-0.05, 0) is 73.0 Å². The molecule has 1 aliphatic carbocycles. The lowest BCUT2D eigenvalue weighted by Gasteiger charge is -2.30. The van der Waals surface area contributed by atoms with E-state index in [2.05, 4.69) is 0 Å². The molecule has 3 amide bonds. The third-order valence-corrected chi connectivity index (χ3v) is 8.22. The van der Waals surface area contributed by atoms with Gasteiger partial charge in [0.25, 0.3) is 17.7 Å². The Balaban J connectivity index is 1.39. The first-order valence-electron chi connectivity index (χ1n) is 13.4. The third kappa shape index (κ3) is 6.04. The van der Waals surface area contributed by atoms with Gasteiger partial charge in [-0.2, -0.15) is 5.01 Å². The van der Waals surface area contributed by atoms with E-state index in [9.17, 15) is 24.0 Å². The van der Waals surface area contributed by atoms with Crippen LogP contribution in [0.15, 0.2) is 78.9 Å². The molecule has 3 atom stereocenters. The summed E-state index contributed by atoms with van der Waals surface area (Å²) in [5, 5.41) is 1.98. The first-order chi connectivity index (χ1) is 20.6. The fourth-order valence-corrected chi connectivity index (χ4v) is 5.53. The van der Waals surface area contributed by atoms with E-state index >= 15 is 0 Å². The molecular formula is C32H26Cl2N2O7. The number of Topliss-reactive ketones (excluding diaryl/α,β-unsaturated/α-hetero) is 1. The molecule has 43 heavy (non-hydrogen) atoms. The number of allylic oxidation sites excluding steroid dienone is 2. The number of ether oxygens (including phenoxy) is 2. The molecule has 3 aromatic rings. The van der Waals surface area contributed by atoms with Gasteiger partial charge in [0.2, 0.25) is 0 Å². The number of hydrazine groups is 1. The van der Waals surface area contributed by atoms with E-state index in [0.29, 0.717) is 12.2 Å². The highest BCUT2D eigenvalue weighted by Crippen LogP contribution is 2.39. The van der Waals surface area contributed by atoms with Gasteiger partial charge in [-0.3, -0.25) is 19.2 Å². The van der Waals surface area contributed by atoms with Crippen LogP contribution in [0.2, 0.25) is 10.0 Å². The van der Waals surface area contributed by atoms with E-state index in [1.807, 2.05) is 19.1 Å². The van der Waals surface area contributed by atoms with E-state index in [4.69, 9.17) is 32.7 Å². The first-order valence-corrected chi connectivity index (χ1v) is 14.2. The number of imide groups is 1. The molecule has 3 aromatic carbocycles. The average Bonchev–Trinajstić information content (AvgIpc) is 3.27. The predicted octanol–water partition coefficient (Wildman–Crippen LogP) is 5.66. The summed E-state index contributed by atoms with van der Waals surface area (Å²) in [7, 11) is 1.49. The van der Waals surface area contributed by atoms with Crippen molar-refractivity contribution in [2.45, 2.75) is 13.3 Å². The first kappa shape index (κ1) is 30.0. The Morgan fingerprint density at radius 2 is 1.60 bits per heavy atom. The minimum atomic E-state index is -0.767. The van der Waals surface area contributed by atoms with Crippen LogP contribution in [0.4, 0.5) is 0 Å². The van der Waals surface area contributed by atoms with Crippen molar-refractivity contribution in [3.8, 4) is 11.5 Å². The Labute approximate surface area is 257 Å². The van der Waals surface area contributed by atoms with Crippen molar-refractivity contribution in [1.82, 2.24) is 10.0 Å². The number of methoxy groups -OCH3 is 1. The summed E-state index contributed by atoms with van der Waals surface area (Å²) in [5.41, 5.74) is 0.490. The highest BCUT2D eigenvalue weighted by Gasteiger charge is 2.53. The number of carbonyl (C=O) groups is 5. The lowest BCUT2D eigenvalue weighted by atomic mass is 9.78. The van der Waals surface area contributed by atoms with E-state index < -0.39 is 47.9 Å². The molecule has 1 saturated heterocycles. The van der Waals surface area contributed by atoms with Crippen LogP contribution in [0, 0.1) is 17.8 Å². The number of esters is 1. The fraction of sp³-hybridized carbons (Fsp3) is 0.219. The fourth-order valence-electron chi connectivity index (χ4n) is 5.23. The van der Waals surface area contributed by atoms with Crippen LogP contribution in [-0.2, 0) is 9.59 Å². The number of ketones is 1. The second-order valence-corrected chi connectivity index (χ2v) is 11.0. The summed E-state index contributed by atoms with van der Waals surface area (Å²) >= 11 is 12.2. The van der Waals surface area contributed by atoms with Gasteiger partial charge in [-0.25, -0.2) is 9.80 Å². The molecule has 0 spiro atoms. The SMILES string of the molecule is COc1cccc(C(=O)Oc2ccc(C(=O)CN(C(=O)c3ccc(Cl)c(Cl)c3)N3C(=O)[C@@H]4[C@@H](C)C=CC[C@H]4C3=O)cc2)c1. The maximum Gasteiger partial charge on any atom is 0.343 e. The minimum Gasteiger partial charge on any atom is -0.497 e. The molecule has 220 valence electrons. The zero-order valence-corrected chi connectivity index (χ0v) is 24.7. The Hall–Kier alpha value is -4.47. The van der Waals surface area contributed by atoms with Gasteiger partial charge in [0.05, 0.1) is 34.6 Å². The van der Waals surface area contributed by atoms with Crippen LogP contribution < -0.4 is 9.47 Å². The van der Waals surface area contributed by atoms with Crippen LogP contribution in [0.1, 0.15) is 44.4 Å². The predicted molar refractivity (Wildman–Crippen MR) is 158 cm³/mol. The maximum atomic E-state index is 13.7. The van der Waals surface area contributed by atoms with Crippen LogP contribution in [-0.4, -0.2) is 53.1 Å². The summed E-state index contributed by atoms with van der Waals surface area (Å²) < 4.78 is 10.5. The van der Waals surface area contributed by atoms with Crippen molar-refractivity contribution in [2.24, 2.45) is 17.8 Å². The van der Waals surface area contributed by atoms with E-state index in [1.165, 1.54) is 55.6 Å². The highest BCUT2D eigenvalue weighted by atomic mass is 35.5. The largest absolute Gasteiger partial charge is 0.497 e. The second kappa shape index (κ2) is 12.4. The van der Waals surface area contributed by atoms with Crippen molar-refractivity contribution in [3.05, 3.63) is 106 Å². The Morgan fingerprint density at radius 3 is 2.28 bits per heavy atom. The summed E-state index contributed by atoms with van der Waals surface area (Å²) in [5.74, 6) is -3.85. The van der Waals surface area contributed by atoms with Gasteiger partial charge >= 0.3 is 5.97 Å². The summed E-state index contributed by atoms with van der Waals surface area (Å²) in [6, 6.07) is 16.3. The number of carbonyl (C=O) groups excluding carboxylic acids is 5. The summed E-state index contributed by atoms with van der Waals surface area (Å²) in [4.78, 5) is 66.8. The van der Waals surface area contributed by atoms with Gasteiger partial charge in [0.15, 0.2) is 5.78 Å². The zero-order valence-electron chi connectivity index (χ0n) is 23.2. The molecule has 2 aliphatic rings. The van der Waals surface area contributed by atoms with Crippen molar-refractivity contribution < 1.29 is 33.4 Å². The molecule has 0 unspecified atom stereocenters. The molecule has 1 heterocycles. The van der Waals surface area contributed by atoms with Gasteiger partial charge in [0, 0.05) is 11.1 Å². The maximum absolute atomic E-state index is 13.7. The average molecular weight is 621 g/mol. The van der Waals surface area contributed by atoms with Crippen molar-refractivity contribution in [3.63, 3.8) is 0 Å². The molecule has 1 fully saturated rings. The number of amides is 3. The number of halogens is 2. The Morgan fingerprint density at radius 1 is 0.884 bits per heavy atom. The van der Waals surface area contributed by atoms with Crippen molar-refractivity contribution in [1.29, 1.82) is 0 Å². The Kier molecular flexibility index (Phi) is 8.66. The van der Waals surface area contributed by atoms with Gasteiger partial charge < -0.3 is 9.47 Å². The number of hydrogen-bond acceptors (Lipinski definition) is 7. The van der Waals surface area contributed by atoms with Crippen LogP contribution in [0.5, 0.6) is 11.5 Å². The van der Waals surface area contributed by atoms with E-state index in [0.717, 1.165) is 10.0 Å². The van der Waals surface area contributed by atoms with Crippen LogP contribution >= 0.6 is 23.2 Å². The quantitative estimate of drug-likeness (QED) is 0.105. The number of rotatable bonds is 8. The van der Waals surface area contributed by atoms with Crippen LogP contribution in [0.3, 0.4) is 0 Å². The van der Waals surface area contributed by atoms with Gasteiger partial charge in [0.1, 0.15) is 18.0 Å². The van der Waals surface area contributed by atoms with Gasteiger partial charge in [-0.15, -0.1) is 0 Å². The molecule has 1 aliphatic heterocycles. The van der Waals surface area contributed by atoms with E-state index in [-0.39, 0.29) is 38.4 Å². The molecule has 0 bridgehead atoms. The smallest absolute Gasteiger partial charge is 0.343 e. The molecule has 0 saturated carbocycles. The minimum absolute atomic E-state index is 0.0450. The van der Waals surface area contributed by atoms with Crippen molar-refractivity contribution in [2.75, 3.05) is 13.7 Å². The molecular weight excluding hydrogens is 595 g/mol. The van der Waals surface area contributed by atoms with Crippen molar-refractivity contribution >= 4 is 52.7 Å². The lowest BCUT2D eigenvalue weighted by molar-refractivity contribution is -0.154. The molecule has 0 radical (unpaired) electrons. The molecule has 5 rings (SSSR count). The monoisotopic (exact) mass is 620 g/mol. The van der Waals surface area contributed by atoms with Gasteiger partial charge in [-0.1, -0.05) is 48.3 Å². The second-order valence-electron chi connectivity index (χ2n) is 10.2. The van der Waals surface area contributed by atoms with Crippen LogP contribution in [0.25, 0.3) is 0 Å².